The molecule has 8 heteroatoms. The Kier molecular flexibility index (Phi) is 12.6. The van der Waals surface area contributed by atoms with Crippen molar-refractivity contribution in [3.8, 4) is 22.3 Å². The van der Waals surface area contributed by atoms with Crippen molar-refractivity contribution in [1.82, 2.24) is 10.5 Å². The molecular formula is C52H50BCl2HfN2O2. The molecule has 301 valence electrons. The molecule has 4 nitrogen and oxygen atoms in total. The minimum absolute atomic E-state index is 0.557. The van der Waals surface area contributed by atoms with Crippen LogP contribution in [0.3, 0.4) is 0 Å². The number of aryl methyl sites for hydroxylation is 2. The molecule has 0 spiro atoms. The molecule has 2 amide bonds. The summed E-state index contributed by atoms with van der Waals surface area (Å²) in [6, 6.07) is 50.9. The summed E-state index contributed by atoms with van der Waals surface area (Å²) in [6.45, 7) is 4.44. The summed E-state index contributed by atoms with van der Waals surface area (Å²) in [5.74, 6) is 0. The fourth-order valence-electron chi connectivity index (χ4n) is 9.96. The summed E-state index contributed by atoms with van der Waals surface area (Å²) in [4.78, 5) is 25.7. The van der Waals surface area contributed by atoms with Gasteiger partial charge in [0.1, 0.15) is 0 Å². The number of nitrogens with one attached hydrogen (secondary N) is 2. The Morgan fingerprint density at radius 2 is 0.900 bits per heavy atom. The molecule has 2 atom stereocenters. The number of unbranched alkanes of at least 4 members (excludes halogenated alkanes) is 2. The molecule has 8 rings (SSSR count). The number of fused-ring (bicyclic) bond motifs is 2. The van der Waals surface area contributed by atoms with Gasteiger partial charge in [0.25, 0.3) is 0 Å². The zero-order valence-corrected chi connectivity index (χ0v) is 39.3. The van der Waals surface area contributed by atoms with Crippen LogP contribution in [0.5, 0.6) is 0 Å². The van der Waals surface area contributed by atoms with Gasteiger partial charge >= 0.3 is 366 Å². The van der Waals surface area contributed by atoms with Crippen LogP contribution in [0.1, 0.15) is 91.4 Å². The van der Waals surface area contributed by atoms with E-state index in [-0.39, 0.29) is 0 Å². The molecule has 6 aromatic carbocycles. The van der Waals surface area contributed by atoms with E-state index in [0.717, 1.165) is 94.2 Å². The first-order valence-corrected chi connectivity index (χ1v) is 36.4. The quantitative estimate of drug-likeness (QED) is 0.0707. The van der Waals surface area contributed by atoms with E-state index in [4.69, 9.17) is 17.2 Å². The third-order valence-corrected chi connectivity index (χ3v) is 40.9. The Morgan fingerprint density at radius 3 is 1.30 bits per heavy atom. The summed E-state index contributed by atoms with van der Waals surface area (Å²) in [7, 11) is 17.9. The molecule has 0 aromatic heterocycles. The second-order valence-electron chi connectivity index (χ2n) is 16.2. The summed E-state index contributed by atoms with van der Waals surface area (Å²) >= 11 is -6.38. The number of carbonyl (C=O) groups excluding carboxylic acids is 2. The van der Waals surface area contributed by atoms with E-state index in [1.807, 2.05) is 36.4 Å². The number of hydrogen-bond acceptors (Lipinski definition) is 2. The monoisotopic (exact) mass is 995 g/mol. The fraction of sp³-hybridized carbons (Fsp3) is 0.192. The molecule has 0 saturated carbocycles. The van der Waals surface area contributed by atoms with Crippen LogP contribution in [0, 0.1) is 0 Å². The molecule has 2 unspecified atom stereocenters. The number of carbonyl (C=O) groups is 2. The van der Waals surface area contributed by atoms with Gasteiger partial charge in [0.2, 0.25) is 0 Å². The van der Waals surface area contributed by atoms with Gasteiger partial charge in [0.05, 0.1) is 0 Å². The van der Waals surface area contributed by atoms with E-state index >= 15 is 0 Å². The van der Waals surface area contributed by atoms with E-state index in [1.165, 1.54) is 22.3 Å². The first-order chi connectivity index (χ1) is 29.3. The van der Waals surface area contributed by atoms with Crippen molar-refractivity contribution < 1.29 is 25.5 Å². The van der Waals surface area contributed by atoms with E-state index in [1.54, 1.807) is 0 Å². The van der Waals surface area contributed by atoms with Gasteiger partial charge in [-0.05, 0) is 0 Å². The number of halogens is 2. The molecule has 2 aliphatic carbocycles. The number of amides is 2. The van der Waals surface area contributed by atoms with Gasteiger partial charge in [-0.25, -0.2) is 0 Å². The first-order valence-electron chi connectivity index (χ1n) is 21.3. The van der Waals surface area contributed by atoms with Gasteiger partial charge in [0.15, 0.2) is 0 Å². The molecular weight excluding hydrogens is 945 g/mol. The minimum atomic E-state index is -6.38. The van der Waals surface area contributed by atoms with E-state index in [9.17, 15) is 9.59 Å². The maximum absolute atomic E-state index is 12.9. The van der Waals surface area contributed by atoms with Crippen molar-refractivity contribution in [2.45, 2.75) is 59.7 Å². The SMILES string of the molecule is CCCCc1ccccc1-c1cccc2c1C=C(c1ccccc1)[CH]2[Hf]([Cl])([Cl])([B](NC=O)NC=O)[CH]1C(c2ccccc2)=Cc2c(-c3ccccc3CCCC)cccc21. The van der Waals surface area contributed by atoms with Gasteiger partial charge in [-0.3, -0.25) is 0 Å². The average molecular weight is 995 g/mol. The van der Waals surface area contributed by atoms with Crippen molar-refractivity contribution in [3.63, 3.8) is 0 Å². The molecule has 0 fully saturated rings. The molecule has 0 saturated heterocycles. The molecule has 60 heavy (non-hydrogen) atoms. The molecule has 2 aliphatic rings. The van der Waals surface area contributed by atoms with Crippen molar-refractivity contribution >= 4 is 57.8 Å². The Balaban J connectivity index is 1.45. The molecule has 2 N–H and O–H groups in total. The fourth-order valence-corrected chi connectivity index (χ4v) is 38.2. The van der Waals surface area contributed by atoms with Crippen LogP contribution in [0.25, 0.3) is 45.6 Å². The van der Waals surface area contributed by atoms with Crippen LogP contribution in [0.15, 0.2) is 146 Å². The number of rotatable bonds is 17. The summed E-state index contributed by atoms with van der Waals surface area (Å²) < 4.78 is -2.16. The molecule has 0 bridgehead atoms. The second kappa shape index (κ2) is 18.1. The van der Waals surface area contributed by atoms with Crippen molar-refractivity contribution in [2.75, 3.05) is 0 Å². The number of hydrogen-bond donors (Lipinski definition) is 2. The molecule has 0 radical (unpaired) electrons. The second-order valence-corrected chi connectivity index (χ2v) is 46.6. The average Bonchev–Trinajstić information content (AvgIpc) is 3.90. The van der Waals surface area contributed by atoms with Crippen LogP contribution in [0.2, 0.25) is 0 Å². The molecule has 6 aromatic rings. The normalized spacial score (nSPS) is 16.1. The maximum atomic E-state index is 12.9. The summed E-state index contributed by atoms with van der Waals surface area (Å²) in [5.41, 5.74) is 15.3. The van der Waals surface area contributed by atoms with Gasteiger partial charge in [0, 0.05) is 0 Å². The third-order valence-electron chi connectivity index (χ3n) is 12.7. The van der Waals surface area contributed by atoms with E-state index < -0.39 is 27.8 Å². The third kappa shape index (κ3) is 7.50. The van der Waals surface area contributed by atoms with Crippen LogP contribution >= 0.6 is 17.2 Å². The van der Waals surface area contributed by atoms with E-state index in [2.05, 4.69) is 146 Å². The van der Waals surface area contributed by atoms with Crippen LogP contribution in [-0.4, -0.2) is 17.4 Å². The van der Waals surface area contributed by atoms with Gasteiger partial charge < -0.3 is 0 Å². The zero-order valence-electron chi connectivity index (χ0n) is 34.2. The number of allylic oxidation sites excluding steroid dienone is 2. The van der Waals surface area contributed by atoms with Crippen molar-refractivity contribution in [3.05, 3.63) is 190 Å². The Hall–Kier alpha value is -4.74. The standard InChI is InChI=1S/2C25H23.C2H3BN2O2.2ClH.Hf/c2*1-2-3-10-20-13-7-8-15-23(20)24-16-9-14-21-17-22(18-25(21)24)19-11-5-4-6-12-19;6-1-4-3-5-2-7;;;/h2*4-9,11-18H,2-3,10H2,1H3;1-2H,(H-,4,5,6,7);2*1H;/q;;;;;+1/p-1. The Bertz CT molecular complexity index is 2420. The molecule has 0 aliphatic heterocycles. The van der Waals surface area contributed by atoms with E-state index in [0.29, 0.717) is 12.8 Å². The van der Waals surface area contributed by atoms with Crippen LogP contribution < -0.4 is 10.5 Å². The van der Waals surface area contributed by atoms with Gasteiger partial charge in [-0.1, -0.05) is 0 Å². The Labute approximate surface area is 363 Å². The van der Waals surface area contributed by atoms with Crippen molar-refractivity contribution in [2.24, 2.45) is 0 Å². The summed E-state index contributed by atoms with van der Waals surface area (Å²) in [6.07, 6.45) is 12.1. The van der Waals surface area contributed by atoms with Gasteiger partial charge in [-0.15, -0.1) is 0 Å². The van der Waals surface area contributed by atoms with Crippen molar-refractivity contribution in [1.29, 1.82) is 0 Å². The predicted molar refractivity (Wildman–Crippen MR) is 251 cm³/mol. The summed E-state index contributed by atoms with van der Waals surface area (Å²) in [5, 5.41) is 6.08. The number of benzene rings is 6. The topological polar surface area (TPSA) is 58.2 Å². The first kappa shape index (κ1) is 42.0. The predicted octanol–water partition coefficient (Wildman–Crippen LogP) is 13.1. The Morgan fingerprint density at radius 1 is 0.517 bits per heavy atom. The van der Waals surface area contributed by atoms with Crippen LogP contribution in [-0.2, 0) is 38.3 Å². The van der Waals surface area contributed by atoms with Gasteiger partial charge in [-0.2, -0.15) is 0 Å². The van der Waals surface area contributed by atoms with Crippen LogP contribution in [0.4, 0.5) is 0 Å². The zero-order chi connectivity index (χ0) is 41.7. The molecule has 0 heterocycles.